The molecule has 2 aromatic rings. The van der Waals surface area contributed by atoms with Crippen LogP contribution in [-0.4, -0.2) is 52.6 Å². The molecule has 0 saturated carbocycles. The summed E-state index contributed by atoms with van der Waals surface area (Å²) >= 11 is 7.99. The Hall–Kier alpha value is -3.49. The summed E-state index contributed by atoms with van der Waals surface area (Å²) in [5.41, 5.74) is 5.78. The topological polar surface area (TPSA) is 133 Å². The van der Waals surface area contributed by atoms with E-state index in [2.05, 4.69) is 25.8 Å². The van der Waals surface area contributed by atoms with Gasteiger partial charge in [-0.05, 0) is 30.5 Å². The van der Waals surface area contributed by atoms with Gasteiger partial charge in [0.25, 0.3) is 5.91 Å². The van der Waals surface area contributed by atoms with Crippen LogP contribution in [0.4, 0.5) is 14.9 Å². The van der Waals surface area contributed by atoms with Crippen LogP contribution in [0.15, 0.2) is 35.3 Å². The Kier molecular flexibility index (Phi) is 8.41. The van der Waals surface area contributed by atoms with Gasteiger partial charge in [-0.1, -0.05) is 42.6 Å². The van der Waals surface area contributed by atoms with Crippen LogP contribution in [0.3, 0.4) is 0 Å². The molecule has 2 aliphatic rings. The molecule has 9 nitrogen and oxygen atoms in total. The van der Waals surface area contributed by atoms with Gasteiger partial charge in [0.1, 0.15) is 11.6 Å². The number of unbranched alkanes of at least 4 members (excludes halogenated alkanes) is 2. The maximum Gasteiger partial charge on any atom is 0.315 e. The van der Waals surface area contributed by atoms with Crippen LogP contribution in [0.5, 0.6) is 5.75 Å². The predicted molar refractivity (Wildman–Crippen MR) is 143 cm³/mol. The molecule has 0 radical (unpaired) electrons. The summed E-state index contributed by atoms with van der Waals surface area (Å²) in [4.78, 5) is 32.1. The van der Waals surface area contributed by atoms with Crippen molar-refractivity contribution >= 4 is 46.9 Å². The van der Waals surface area contributed by atoms with E-state index in [1.54, 1.807) is 0 Å². The van der Waals surface area contributed by atoms with E-state index in [1.165, 1.54) is 24.3 Å². The minimum Gasteiger partial charge on any atom is -0.507 e. The van der Waals surface area contributed by atoms with Crippen molar-refractivity contribution in [3.63, 3.8) is 0 Å². The lowest BCUT2D eigenvalue weighted by Crippen LogP contribution is -2.37. The van der Waals surface area contributed by atoms with E-state index < -0.39 is 17.5 Å². The number of benzene rings is 2. The largest absolute Gasteiger partial charge is 0.507 e. The number of thioether (sulfide) groups is 1. The first-order valence-electron chi connectivity index (χ1n) is 11.8. The fraction of sp³-hybridized carbons (Fsp3) is 0.360. The Balaban J connectivity index is 1.35. The third-order valence-corrected chi connectivity index (χ3v) is 8.23. The smallest absolute Gasteiger partial charge is 0.315 e. The van der Waals surface area contributed by atoms with E-state index in [9.17, 15) is 19.1 Å². The molecule has 3 atom stereocenters. The number of hydrogen-bond acceptors (Lipinski definition) is 5. The number of nitrogens with zero attached hydrogens (tertiary/aromatic N) is 2. The van der Waals surface area contributed by atoms with Crippen molar-refractivity contribution in [2.24, 2.45) is 10.7 Å². The second kappa shape index (κ2) is 11.7. The van der Waals surface area contributed by atoms with Gasteiger partial charge in [-0.15, -0.1) is 0 Å². The SMILES string of the molecule is [C-]#[N+]c1ccc(O)c(C(=O)NC(N)=NCCCCC[C@@H]2SC[C@@H]3NC(=O)N[C@@H]32)c1-c1cccc(F)c1Cl. The van der Waals surface area contributed by atoms with Gasteiger partial charge in [-0.3, -0.25) is 15.1 Å². The number of carbonyl (C=O) groups excluding carboxylic acids is 2. The molecule has 194 valence electrons. The fourth-order valence-electron chi connectivity index (χ4n) is 4.57. The Morgan fingerprint density at radius 1 is 1.30 bits per heavy atom. The molecule has 0 aliphatic carbocycles. The van der Waals surface area contributed by atoms with E-state index in [1.807, 2.05) is 11.8 Å². The van der Waals surface area contributed by atoms with Crippen molar-refractivity contribution < 1.29 is 19.1 Å². The lowest BCUT2D eigenvalue weighted by Gasteiger charge is -2.16. The van der Waals surface area contributed by atoms with Crippen molar-refractivity contribution in [1.29, 1.82) is 0 Å². The number of guanidine groups is 1. The quantitative estimate of drug-likeness (QED) is 0.112. The number of nitrogens with one attached hydrogen (secondary N) is 3. The van der Waals surface area contributed by atoms with Crippen LogP contribution in [0.1, 0.15) is 36.0 Å². The Bertz CT molecular complexity index is 1280. The van der Waals surface area contributed by atoms with E-state index in [0.717, 1.165) is 37.5 Å². The summed E-state index contributed by atoms with van der Waals surface area (Å²) < 4.78 is 14.1. The number of hydrogen-bond donors (Lipinski definition) is 5. The number of amides is 3. The van der Waals surface area contributed by atoms with Crippen LogP contribution in [-0.2, 0) is 0 Å². The molecule has 12 heteroatoms. The molecule has 3 amide bonds. The molecular formula is C25H26ClFN6O3S. The molecule has 6 N–H and O–H groups in total. The van der Waals surface area contributed by atoms with Crippen LogP contribution in [0.25, 0.3) is 16.0 Å². The molecule has 0 aromatic heterocycles. The third kappa shape index (κ3) is 5.92. The molecule has 2 fully saturated rings. The van der Waals surface area contributed by atoms with E-state index in [0.29, 0.717) is 11.8 Å². The maximum absolute atomic E-state index is 14.1. The number of nitrogens with two attached hydrogens (primary N) is 1. The van der Waals surface area contributed by atoms with Gasteiger partial charge in [0.2, 0.25) is 0 Å². The highest BCUT2D eigenvalue weighted by Gasteiger charge is 2.42. The highest BCUT2D eigenvalue weighted by molar-refractivity contribution is 8.00. The first-order valence-corrected chi connectivity index (χ1v) is 13.2. The minimum atomic E-state index is -0.792. The number of halogens is 2. The molecule has 4 rings (SSSR count). The van der Waals surface area contributed by atoms with Crippen molar-refractivity contribution in [2.45, 2.75) is 43.0 Å². The summed E-state index contributed by atoms with van der Waals surface area (Å²) in [6.45, 7) is 7.85. The van der Waals surface area contributed by atoms with E-state index in [4.69, 9.17) is 23.9 Å². The van der Waals surface area contributed by atoms with Gasteiger partial charge in [-0.2, -0.15) is 11.8 Å². The highest BCUT2D eigenvalue weighted by atomic mass is 35.5. The summed E-state index contributed by atoms with van der Waals surface area (Å²) in [5, 5.41) is 18.9. The summed E-state index contributed by atoms with van der Waals surface area (Å²) in [6.07, 6.45) is 3.64. The molecule has 0 bridgehead atoms. The van der Waals surface area contributed by atoms with E-state index >= 15 is 0 Å². The van der Waals surface area contributed by atoms with Gasteiger partial charge in [-0.25, -0.2) is 14.0 Å². The molecule has 2 aromatic carbocycles. The van der Waals surface area contributed by atoms with Gasteiger partial charge >= 0.3 is 6.03 Å². The highest BCUT2D eigenvalue weighted by Crippen LogP contribution is 2.42. The Labute approximate surface area is 222 Å². The number of carbonyl (C=O) groups is 2. The summed E-state index contributed by atoms with van der Waals surface area (Å²) in [6, 6.07) is 6.87. The zero-order valence-electron chi connectivity index (χ0n) is 19.8. The van der Waals surface area contributed by atoms with Crippen LogP contribution in [0.2, 0.25) is 5.02 Å². The summed E-state index contributed by atoms with van der Waals surface area (Å²) in [5.74, 6) is -1.13. The molecule has 0 unspecified atom stereocenters. The van der Waals surface area contributed by atoms with Crippen LogP contribution in [0, 0.1) is 12.4 Å². The Morgan fingerprint density at radius 2 is 2.11 bits per heavy atom. The van der Waals surface area contributed by atoms with Crippen molar-refractivity contribution in [2.75, 3.05) is 12.3 Å². The average Bonchev–Trinajstić information content (AvgIpc) is 3.42. The number of aliphatic imine (C=N–C) groups is 1. The van der Waals surface area contributed by atoms with Crippen LogP contribution < -0.4 is 21.7 Å². The van der Waals surface area contributed by atoms with Gasteiger partial charge < -0.3 is 21.5 Å². The zero-order chi connectivity index (χ0) is 26.5. The second-order valence-corrected chi connectivity index (χ2v) is 10.4. The molecule has 2 heterocycles. The minimum absolute atomic E-state index is 0.00507. The third-order valence-electron chi connectivity index (χ3n) is 6.34. The van der Waals surface area contributed by atoms with Crippen LogP contribution >= 0.6 is 23.4 Å². The number of phenolic OH excluding ortho intramolecular Hbond substituents is 1. The molecular weight excluding hydrogens is 519 g/mol. The maximum atomic E-state index is 14.1. The number of phenols is 1. The van der Waals surface area contributed by atoms with Crippen molar-refractivity contribution in [1.82, 2.24) is 16.0 Å². The lowest BCUT2D eigenvalue weighted by atomic mass is 9.96. The first-order chi connectivity index (χ1) is 17.8. The number of aromatic hydroxyl groups is 1. The van der Waals surface area contributed by atoms with Gasteiger partial charge in [0.15, 0.2) is 11.6 Å². The molecule has 2 saturated heterocycles. The standard InChI is InChI=1S/C25H26ClFN6O3S/c1-29-15-9-10-17(34)20(19(15)13-6-5-7-14(27)21(13)26)23(35)33-24(28)30-11-4-2-3-8-18-22-16(12-37-18)31-25(36)32-22/h5-7,9-10,16,18,22,34H,2-4,8,11-12H2,(H2,31,32,36)(H3,28,30,33,35)/t16-,18-,22-/m0/s1. The normalized spacial score (nSPS) is 20.6. The fourth-order valence-corrected chi connectivity index (χ4v) is 6.33. The first kappa shape index (κ1) is 26.6. The van der Waals surface area contributed by atoms with Gasteiger partial charge in [0, 0.05) is 23.1 Å². The molecule has 0 spiro atoms. The average molecular weight is 545 g/mol. The summed E-state index contributed by atoms with van der Waals surface area (Å²) in [7, 11) is 0. The molecule has 37 heavy (non-hydrogen) atoms. The van der Waals surface area contributed by atoms with Gasteiger partial charge in [0.05, 0.1) is 29.2 Å². The zero-order valence-corrected chi connectivity index (χ0v) is 21.3. The molecule has 2 aliphatic heterocycles. The van der Waals surface area contributed by atoms with E-state index in [-0.39, 0.29) is 51.5 Å². The lowest BCUT2D eigenvalue weighted by molar-refractivity contribution is 0.0974. The van der Waals surface area contributed by atoms with Crippen molar-refractivity contribution in [3.8, 4) is 16.9 Å². The Morgan fingerprint density at radius 3 is 2.89 bits per heavy atom. The number of rotatable bonds is 8. The number of urea groups is 1. The predicted octanol–water partition coefficient (Wildman–Crippen LogP) is 4.17. The van der Waals surface area contributed by atoms with Crippen molar-refractivity contribution in [3.05, 3.63) is 58.2 Å². The second-order valence-electron chi connectivity index (χ2n) is 8.76. The number of fused-ring (bicyclic) bond motifs is 1. The monoisotopic (exact) mass is 544 g/mol.